The van der Waals surface area contributed by atoms with Crippen molar-refractivity contribution < 1.29 is 38.4 Å². The van der Waals surface area contributed by atoms with Crippen molar-refractivity contribution in [2.75, 3.05) is 20.8 Å². The van der Waals surface area contributed by atoms with Gasteiger partial charge < -0.3 is 29.4 Å². The molecule has 0 aliphatic heterocycles. The zero-order chi connectivity index (χ0) is 30.5. The summed E-state index contributed by atoms with van der Waals surface area (Å²) in [7, 11) is 2.99. The largest absolute Gasteiger partial charge is 0.493 e. The molecule has 0 saturated heterocycles. The fourth-order valence-electron chi connectivity index (χ4n) is 4.36. The third-order valence-corrected chi connectivity index (χ3v) is 6.39. The van der Waals surface area contributed by atoms with Gasteiger partial charge in [-0.05, 0) is 60.2 Å². The standard InChI is InChI=1S/C33H37NO8/c1-22(36)41-30-16-12-24(18-32(30)39-3)10-14-27(34-29(21-35)26-8-6-5-7-9-26)20-28(38)15-11-25-13-17-31(42-23(2)37)33(19-25)40-4/h5-9,12-13,16-20,29,34-35H,10-11,14-15,21H2,1-4H3/b27-20+/t29-/m1/s1. The highest BCUT2D eigenvalue weighted by atomic mass is 16.6. The van der Waals surface area contributed by atoms with Gasteiger partial charge in [-0.15, -0.1) is 0 Å². The predicted octanol–water partition coefficient (Wildman–Crippen LogP) is 4.90. The van der Waals surface area contributed by atoms with E-state index in [1.54, 1.807) is 36.4 Å². The van der Waals surface area contributed by atoms with Crippen molar-refractivity contribution in [3.63, 3.8) is 0 Å². The van der Waals surface area contributed by atoms with E-state index in [4.69, 9.17) is 18.9 Å². The van der Waals surface area contributed by atoms with Crippen LogP contribution in [0.5, 0.6) is 23.0 Å². The summed E-state index contributed by atoms with van der Waals surface area (Å²) in [6, 6.07) is 19.6. The molecule has 222 valence electrons. The number of aliphatic hydroxyl groups excluding tert-OH is 1. The maximum Gasteiger partial charge on any atom is 0.308 e. The highest BCUT2D eigenvalue weighted by Gasteiger charge is 2.15. The molecule has 42 heavy (non-hydrogen) atoms. The zero-order valence-corrected chi connectivity index (χ0v) is 24.3. The van der Waals surface area contributed by atoms with Crippen LogP contribution in [0.15, 0.2) is 78.5 Å². The molecule has 1 atom stereocenters. The molecule has 0 unspecified atom stereocenters. The van der Waals surface area contributed by atoms with E-state index in [-0.39, 0.29) is 18.8 Å². The normalized spacial score (nSPS) is 11.8. The third-order valence-electron chi connectivity index (χ3n) is 6.39. The van der Waals surface area contributed by atoms with Crippen molar-refractivity contribution in [2.24, 2.45) is 0 Å². The first-order chi connectivity index (χ1) is 20.2. The number of carbonyl (C=O) groups excluding carboxylic acids is 3. The minimum Gasteiger partial charge on any atom is -0.493 e. The maximum atomic E-state index is 13.1. The summed E-state index contributed by atoms with van der Waals surface area (Å²) in [5, 5.41) is 13.5. The lowest BCUT2D eigenvalue weighted by Crippen LogP contribution is -2.25. The lowest BCUT2D eigenvalue weighted by molar-refractivity contribution is -0.132. The SMILES string of the molecule is COc1cc(CCC(=O)/C=C(\CCc2ccc(OC(C)=O)c(OC)c2)N[C@H](CO)c2ccccc2)ccc1OC(C)=O. The first-order valence-electron chi connectivity index (χ1n) is 13.6. The highest BCUT2D eigenvalue weighted by Crippen LogP contribution is 2.30. The average Bonchev–Trinajstić information content (AvgIpc) is 2.98. The number of ketones is 1. The number of nitrogens with one attached hydrogen (secondary N) is 1. The molecule has 3 aromatic carbocycles. The second-order valence-electron chi connectivity index (χ2n) is 9.58. The molecule has 3 rings (SSSR count). The van der Waals surface area contributed by atoms with Crippen LogP contribution in [0.1, 0.15) is 49.4 Å². The summed E-state index contributed by atoms with van der Waals surface area (Å²) in [4.78, 5) is 35.8. The summed E-state index contributed by atoms with van der Waals surface area (Å²) in [5.74, 6) is 0.523. The Bertz CT molecular complexity index is 1400. The molecule has 0 radical (unpaired) electrons. The van der Waals surface area contributed by atoms with E-state index in [0.717, 1.165) is 16.7 Å². The molecule has 0 heterocycles. The van der Waals surface area contributed by atoms with Crippen LogP contribution in [0.4, 0.5) is 0 Å². The number of benzene rings is 3. The molecule has 9 nitrogen and oxygen atoms in total. The van der Waals surface area contributed by atoms with Gasteiger partial charge in [-0.3, -0.25) is 14.4 Å². The summed E-state index contributed by atoms with van der Waals surface area (Å²) >= 11 is 0. The molecule has 0 bridgehead atoms. The molecule has 0 aliphatic carbocycles. The van der Waals surface area contributed by atoms with Gasteiger partial charge >= 0.3 is 11.9 Å². The number of esters is 2. The lowest BCUT2D eigenvalue weighted by Gasteiger charge is -2.21. The van der Waals surface area contributed by atoms with E-state index >= 15 is 0 Å². The summed E-state index contributed by atoms with van der Waals surface area (Å²) in [6.07, 6.45) is 3.32. The second-order valence-corrected chi connectivity index (χ2v) is 9.58. The van der Waals surface area contributed by atoms with Crippen molar-refractivity contribution in [3.05, 3.63) is 95.2 Å². The van der Waals surface area contributed by atoms with Gasteiger partial charge in [-0.25, -0.2) is 0 Å². The van der Waals surface area contributed by atoms with Crippen molar-refractivity contribution in [3.8, 4) is 23.0 Å². The van der Waals surface area contributed by atoms with Gasteiger partial charge in [-0.1, -0.05) is 42.5 Å². The van der Waals surface area contributed by atoms with Crippen LogP contribution < -0.4 is 24.3 Å². The maximum absolute atomic E-state index is 13.1. The van der Waals surface area contributed by atoms with Gasteiger partial charge in [0.2, 0.25) is 0 Å². The monoisotopic (exact) mass is 575 g/mol. The lowest BCUT2D eigenvalue weighted by atomic mass is 10.0. The first kappa shape index (κ1) is 31.9. The molecule has 9 heteroatoms. The number of hydrogen-bond acceptors (Lipinski definition) is 9. The number of aryl methyl sites for hydroxylation is 2. The molecule has 0 aliphatic rings. The molecular weight excluding hydrogens is 538 g/mol. The van der Waals surface area contributed by atoms with Gasteiger partial charge in [0, 0.05) is 32.0 Å². The van der Waals surface area contributed by atoms with Crippen LogP contribution in [-0.4, -0.2) is 43.7 Å². The quantitative estimate of drug-likeness (QED) is 0.148. The molecule has 0 fully saturated rings. The van der Waals surface area contributed by atoms with E-state index < -0.39 is 18.0 Å². The summed E-state index contributed by atoms with van der Waals surface area (Å²) < 4.78 is 21.1. The number of ether oxygens (including phenoxy) is 4. The fraction of sp³-hybridized carbons (Fsp3) is 0.303. The number of aliphatic hydroxyl groups is 1. The van der Waals surface area contributed by atoms with Gasteiger partial charge in [0.25, 0.3) is 0 Å². The molecule has 3 aromatic rings. The van der Waals surface area contributed by atoms with E-state index in [1.165, 1.54) is 28.1 Å². The van der Waals surface area contributed by atoms with Crippen molar-refractivity contribution >= 4 is 17.7 Å². The number of allylic oxidation sites excluding steroid dienone is 2. The fourth-order valence-corrected chi connectivity index (χ4v) is 4.36. The second kappa shape index (κ2) is 16.0. The van der Waals surface area contributed by atoms with Crippen molar-refractivity contribution in [1.82, 2.24) is 5.32 Å². The van der Waals surface area contributed by atoms with Crippen LogP contribution in [-0.2, 0) is 27.2 Å². The first-order valence-corrected chi connectivity index (χ1v) is 13.6. The van der Waals surface area contributed by atoms with Crippen LogP contribution in [0, 0.1) is 0 Å². The van der Waals surface area contributed by atoms with Gasteiger partial charge in [0.15, 0.2) is 28.8 Å². The smallest absolute Gasteiger partial charge is 0.308 e. The number of methoxy groups -OCH3 is 2. The van der Waals surface area contributed by atoms with Crippen LogP contribution in [0.25, 0.3) is 0 Å². The van der Waals surface area contributed by atoms with E-state index in [0.29, 0.717) is 48.0 Å². The molecule has 0 aromatic heterocycles. The number of carbonyl (C=O) groups is 3. The Hall–Kier alpha value is -4.63. The van der Waals surface area contributed by atoms with Crippen LogP contribution in [0.2, 0.25) is 0 Å². The number of rotatable bonds is 15. The number of hydrogen-bond donors (Lipinski definition) is 2. The molecule has 0 spiro atoms. The third kappa shape index (κ3) is 9.78. The molecule has 2 N–H and O–H groups in total. The minimum atomic E-state index is -0.447. The van der Waals surface area contributed by atoms with Crippen molar-refractivity contribution in [2.45, 2.75) is 45.6 Å². The van der Waals surface area contributed by atoms with Gasteiger partial charge in [-0.2, -0.15) is 0 Å². The summed E-state index contributed by atoms with van der Waals surface area (Å²) in [5.41, 5.74) is 3.35. The minimum absolute atomic E-state index is 0.0898. The van der Waals surface area contributed by atoms with E-state index in [2.05, 4.69) is 5.32 Å². The molecule has 0 saturated carbocycles. The Morgan fingerprint density at radius 2 is 1.29 bits per heavy atom. The van der Waals surface area contributed by atoms with Crippen LogP contribution in [0.3, 0.4) is 0 Å². The zero-order valence-electron chi connectivity index (χ0n) is 24.3. The van der Waals surface area contributed by atoms with Gasteiger partial charge in [0.1, 0.15) is 0 Å². The Kier molecular flexibility index (Phi) is 12.1. The summed E-state index contributed by atoms with van der Waals surface area (Å²) in [6.45, 7) is 2.48. The Morgan fingerprint density at radius 3 is 1.76 bits per heavy atom. The Labute approximate surface area is 246 Å². The highest BCUT2D eigenvalue weighted by molar-refractivity contribution is 5.90. The van der Waals surface area contributed by atoms with E-state index in [1.807, 2.05) is 36.4 Å². The molecular formula is C33H37NO8. The predicted molar refractivity (Wildman–Crippen MR) is 158 cm³/mol. The molecule has 0 amide bonds. The van der Waals surface area contributed by atoms with Crippen LogP contribution >= 0.6 is 0 Å². The Morgan fingerprint density at radius 1 is 0.762 bits per heavy atom. The average molecular weight is 576 g/mol. The Balaban J connectivity index is 1.77. The topological polar surface area (TPSA) is 120 Å². The van der Waals surface area contributed by atoms with E-state index in [9.17, 15) is 19.5 Å². The van der Waals surface area contributed by atoms with Gasteiger partial charge in [0.05, 0.1) is 26.9 Å². The van der Waals surface area contributed by atoms with Crippen molar-refractivity contribution in [1.29, 1.82) is 0 Å².